The molecule has 1 aliphatic heterocycles. The summed E-state index contributed by atoms with van der Waals surface area (Å²) >= 11 is 0. The van der Waals surface area contributed by atoms with E-state index in [1.807, 2.05) is 0 Å². The van der Waals surface area contributed by atoms with Crippen molar-refractivity contribution in [3.8, 4) is 11.5 Å². The zero-order valence-corrected chi connectivity index (χ0v) is 15.3. The number of anilines is 1. The Labute approximate surface area is 157 Å². The molecule has 2 aromatic carbocycles. The zero-order chi connectivity index (χ0) is 19.9. The number of Topliss-reactive ketones (excluding diaryl/α,β-unsaturated/α-hetero) is 1. The molecule has 1 amide bonds. The average Bonchev–Trinajstić information content (AvgIpc) is 2.85. The maximum atomic E-state index is 13.0. The minimum atomic E-state index is -0.968. The second-order valence-electron chi connectivity index (χ2n) is 7.50. The van der Waals surface area contributed by atoms with E-state index in [4.69, 9.17) is 0 Å². The number of aromatic hydroxyl groups is 2. The van der Waals surface area contributed by atoms with Gasteiger partial charge in [0, 0.05) is 5.41 Å². The van der Waals surface area contributed by atoms with E-state index in [-0.39, 0.29) is 28.5 Å². The van der Waals surface area contributed by atoms with Crippen LogP contribution in [-0.2, 0) is 9.59 Å². The van der Waals surface area contributed by atoms with E-state index >= 15 is 0 Å². The minimum Gasteiger partial charge on any atom is -0.508 e. The van der Waals surface area contributed by atoms with Crippen LogP contribution in [0.5, 0.6) is 11.5 Å². The molecule has 0 aliphatic carbocycles. The van der Waals surface area contributed by atoms with Gasteiger partial charge in [-0.05, 0) is 29.8 Å². The summed E-state index contributed by atoms with van der Waals surface area (Å²) in [7, 11) is 0. The summed E-state index contributed by atoms with van der Waals surface area (Å²) in [5.74, 6) is -2.01. The van der Waals surface area contributed by atoms with Gasteiger partial charge in [-0.3, -0.25) is 14.5 Å². The molecule has 0 bridgehead atoms. The van der Waals surface area contributed by atoms with Gasteiger partial charge in [0.25, 0.3) is 5.91 Å². The SMILES string of the molecule is CC(C)(C)C(=O)C1=C(O)C(=O)N(c2ccccc2O)C1c1cccc(O)c1. The summed E-state index contributed by atoms with van der Waals surface area (Å²) in [6.45, 7) is 5.09. The van der Waals surface area contributed by atoms with Crippen LogP contribution in [0.3, 0.4) is 0 Å². The third kappa shape index (κ3) is 3.14. The van der Waals surface area contributed by atoms with E-state index in [0.717, 1.165) is 0 Å². The number of carbonyl (C=O) groups excluding carboxylic acids is 2. The molecule has 1 heterocycles. The third-order valence-electron chi connectivity index (χ3n) is 4.46. The highest BCUT2D eigenvalue weighted by Gasteiger charge is 2.47. The van der Waals surface area contributed by atoms with Crippen LogP contribution >= 0.6 is 0 Å². The molecule has 1 atom stereocenters. The van der Waals surface area contributed by atoms with Crippen molar-refractivity contribution in [1.29, 1.82) is 0 Å². The Hall–Kier alpha value is -3.28. The van der Waals surface area contributed by atoms with E-state index < -0.39 is 23.1 Å². The molecule has 140 valence electrons. The number of phenols is 2. The van der Waals surface area contributed by atoms with Crippen molar-refractivity contribution in [1.82, 2.24) is 0 Å². The molecule has 6 heteroatoms. The third-order valence-corrected chi connectivity index (χ3v) is 4.46. The first kappa shape index (κ1) is 18.5. The Morgan fingerprint density at radius 2 is 1.67 bits per heavy atom. The van der Waals surface area contributed by atoms with Gasteiger partial charge in [-0.1, -0.05) is 45.0 Å². The van der Waals surface area contributed by atoms with E-state index in [2.05, 4.69) is 0 Å². The van der Waals surface area contributed by atoms with Crippen molar-refractivity contribution >= 4 is 17.4 Å². The van der Waals surface area contributed by atoms with E-state index in [1.54, 1.807) is 45.0 Å². The Bertz CT molecular complexity index is 955. The number of aliphatic hydroxyl groups is 1. The first-order valence-corrected chi connectivity index (χ1v) is 8.51. The fourth-order valence-electron chi connectivity index (χ4n) is 3.17. The van der Waals surface area contributed by atoms with E-state index in [9.17, 15) is 24.9 Å². The van der Waals surface area contributed by atoms with Crippen molar-refractivity contribution in [3.63, 3.8) is 0 Å². The molecule has 27 heavy (non-hydrogen) atoms. The Morgan fingerprint density at radius 1 is 1.00 bits per heavy atom. The number of rotatable bonds is 3. The molecular weight excluding hydrogens is 346 g/mol. The monoisotopic (exact) mass is 367 g/mol. The number of carbonyl (C=O) groups is 2. The van der Waals surface area contributed by atoms with Gasteiger partial charge in [-0.15, -0.1) is 0 Å². The summed E-state index contributed by atoms with van der Waals surface area (Å²) in [5, 5.41) is 30.7. The minimum absolute atomic E-state index is 0.0360. The van der Waals surface area contributed by atoms with Gasteiger partial charge in [0.2, 0.25) is 0 Å². The predicted molar refractivity (Wildman–Crippen MR) is 101 cm³/mol. The lowest BCUT2D eigenvalue weighted by Crippen LogP contribution is -2.32. The van der Waals surface area contributed by atoms with Crippen molar-refractivity contribution in [2.24, 2.45) is 5.41 Å². The number of phenolic OH excluding ortho intramolecular Hbond substituents is 2. The largest absolute Gasteiger partial charge is 0.508 e. The number of para-hydroxylation sites is 2. The summed E-state index contributed by atoms with van der Waals surface area (Å²) < 4.78 is 0. The molecule has 1 aliphatic rings. The highest BCUT2D eigenvalue weighted by Crippen LogP contribution is 2.45. The Morgan fingerprint density at radius 3 is 2.26 bits per heavy atom. The lowest BCUT2D eigenvalue weighted by Gasteiger charge is -2.29. The quantitative estimate of drug-likeness (QED) is 0.770. The molecule has 3 rings (SSSR count). The average molecular weight is 367 g/mol. The van der Waals surface area contributed by atoms with Gasteiger partial charge in [0.1, 0.15) is 11.5 Å². The van der Waals surface area contributed by atoms with Crippen LogP contribution in [-0.4, -0.2) is 27.0 Å². The highest BCUT2D eigenvalue weighted by atomic mass is 16.3. The molecule has 0 aromatic heterocycles. The number of benzene rings is 2. The maximum Gasteiger partial charge on any atom is 0.294 e. The second kappa shape index (κ2) is 6.46. The normalized spacial score (nSPS) is 17.5. The van der Waals surface area contributed by atoms with Crippen LogP contribution in [0, 0.1) is 5.41 Å². The first-order valence-electron chi connectivity index (χ1n) is 8.51. The predicted octanol–water partition coefficient (Wildman–Crippen LogP) is 3.61. The van der Waals surface area contributed by atoms with E-state index in [1.165, 1.54) is 29.2 Å². The molecule has 0 saturated carbocycles. The molecule has 0 radical (unpaired) electrons. The van der Waals surface area contributed by atoms with Crippen LogP contribution in [0.15, 0.2) is 59.9 Å². The zero-order valence-electron chi connectivity index (χ0n) is 15.3. The van der Waals surface area contributed by atoms with Crippen molar-refractivity contribution in [2.75, 3.05) is 4.90 Å². The fourth-order valence-corrected chi connectivity index (χ4v) is 3.17. The van der Waals surface area contributed by atoms with Crippen LogP contribution in [0.2, 0.25) is 0 Å². The molecular formula is C21H21NO5. The Balaban J connectivity index is 2.25. The number of aliphatic hydroxyl groups excluding tert-OH is 1. The van der Waals surface area contributed by atoms with Gasteiger partial charge >= 0.3 is 0 Å². The molecule has 3 N–H and O–H groups in total. The molecule has 0 saturated heterocycles. The van der Waals surface area contributed by atoms with Crippen LogP contribution < -0.4 is 4.90 Å². The van der Waals surface area contributed by atoms with Crippen LogP contribution in [0.1, 0.15) is 32.4 Å². The molecule has 6 nitrogen and oxygen atoms in total. The van der Waals surface area contributed by atoms with Gasteiger partial charge in [-0.25, -0.2) is 0 Å². The molecule has 1 unspecified atom stereocenters. The lowest BCUT2D eigenvalue weighted by molar-refractivity contribution is -0.123. The summed E-state index contributed by atoms with van der Waals surface area (Å²) in [6.07, 6.45) is 0. The number of nitrogens with zero attached hydrogens (tertiary/aromatic N) is 1. The topological polar surface area (TPSA) is 98.1 Å². The van der Waals surface area contributed by atoms with Crippen molar-refractivity contribution in [3.05, 3.63) is 65.4 Å². The fraction of sp³-hybridized carbons (Fsp3) is 0.238. The summed E-state index contributed by atoms with van der Waals surface area (Å²) in [4.78, 5) is 27.1. The molecule has 0 spiro atoms. The van der Waals surface area contributed by atoms with Gasteiger partial charge in [0.05, 0.1) is 17.3 Å². The number of amides is 1. The number of hydrogen-bond donors (Lipinski definition) is 3. The van der Waals surface area contributed by atoms with Crippen molar-refractivity contribution < 1.29 is 24.9 Å². The highest BCUT2D eigenvalue weighted by molar-refractivity contribution is 6.17. The summed E-state index contributed by atoms with van der Waals surface area (Å²) in [6, 6.07) is 11.4. The number of hydrogen-bond acceptors (Lipinski definition) is 5. The van der Waals surface area contributed by atoms with Gasteiger partial charge < -0.3 is 15.3 Å². The molecule has 0 fully saturated rings. The second-order valence-corrected chi connectivity index (χ2v) is 7.50. The number of ketones is 1. The maximum absolute atomic E-state index is 13.0. The van der Waals surface area contributed by atoms with Gasteiger partial charge in [-0.2, -0.15) is 0 Å². The van der Waals surface area contributed by atoms with Crippen LogP contribution in [0.25, 0.3) is 0 Å². The lowest BCUT2D eigenvalue weighted by atomic mass is 9.82. The first-order chi connectivity index (χ1) is 12.6. The van der Waals surface area contributed by atoms with Crippen molar-refractivity contribution in [2.45, 2.75) is 26.8 Å². The molecule has 2 aromatic rings. The van der Waals surface area contributed by atoms with E-state index in [0.29, 0.717) is 5.56 Å². The van der Waals surface area contributed by atoms with Gasteiger partial charge in [0.15, 0.2) is 11.5 Å². The standard InChI is InChI=1S/C21H21NO5/c1-21(2,3)19(26)16-17(12-7-6-8-13(23)11-12)22(20(27)18(16)25)14-9-4-5-10-15(14)24/h4-11,17,23-25H,1-3H3. The van der Waals surface area contributed by atoms with Crippen LogP contribution in [0.4, 0.5) is 5.69 Å². The summed E-state index contributed by atoms with van der Waals surface area (Å²) in [5.41, 5.74) is -0.281. The smallest absolute Gasteiger partial charge is 0.294 e. The Kier molecular flexibility index (Phi) is 4.43.